The summed E-state index contributed by atoms with van der Waals surface area (Å²) in [5.74, 6) is 0.159. The number of benzene rings is 2. The normalized spacial score (nSPS) is 15.5. The minimum atomic E-state index is -3.42. The Kier molecular flexibility index (Phi) is 6.83. The lowest BCUT2D eigenvalue weighted by Crippen LogP contribution is -2.48. The number of hydrogen-bond acceptors (Lipinski definition) is 4. The van der Waals surface area contributed by atoms with Crippen molar-refractivity contribution in [3.05, 3.63) is 65.7 Å². The van der Waals surface area contributed by atoms with E-state index in [2.05, 4.69) is 33.9 Å². The largest absolute Gasteiger partial charge is 0.340 e. The molecule has 150 valence electrons. The number of aryl methyl sites for hydroxylation is 1. The fraction of sp³-hybridized carbons (Fsp3) is 0.381. The Bertz CT molecular complexity index is 875. The van der Waals surface area contributed by atoms with Gasteiger partial charge in [-0.15, -0.1) is 0 Å². The second-order valence-electron chi connectivity index (χ2n) is 6.99. The van der Waals surface area contributed by atoms with E-state index in [1.807, 2.05) is 11.0 Å². The van der Waals surface area contributed by atoms with Crippen LogP contribution in [0.3, 0.4) is 0 Å². The summed E-state index contributed by atoms with van der Waals surface area (Å²) in [7, 11) is -2.03. The fourth-order valence-electron chi connectivity index (χ4n) is 3.36. The van der Waals surface area contributed by atoms with Crippen LogP contribution in [0.25, 0.3) is 0 Å². The molecule has 1 amide bonds. The van der Waals surface area contributed by atoms with Gasteiger partial charge < -0.3 is 4.90 Å². The van der Waals surface area contributed by atoms with Crippen molar-refractivity contribution >= 4 is 15.9 Å². The van der Waals surface area contributed by atoms with Crippen molar-refractivity contribution in [2.45, 2.75) is 24.3 Å². The molecule has 0 aromatic heterocycles. The minimum absolute atomic E-state index is 0.159. The second kappa shape index (κ2) is 9.32. The van der Waals surface area contributed by atoms with Gasteiger partial charge in [-0.1, -0.05) is 42.5 Å². The third-order valence-electron chi connectivity index (χ3n) is 5.10. The molecule has 7 heteroatoms. The number of nitrogens with zero attached hydrogens (tertiary/aromatic N) is 2. The van der Waals surface area contributed by atoms with Gasteiger partial charge in [-0.05, 0) is 36.7 Å². The van der Waals surface area contributed by atoms with E-state index >= 15 is 0 Å². The van der Waals surface area contributed by atoms with Crippen LogP contribution >= 0.6 is 0 Å². The van der Waals surface area contributed by atoms with Crippen LogP contribution in [0.5, 0.6) is 0 Å². The Labute approximate surface area is 167 Å². The molecule has 0 unspecified atom stereocenters. The first-order valence-electron chi connectivity index (χ1n) is 9.54. The summed E-state index contributed by atoms with van der Waals surface area (Å²) >= 11 is 0. The molecule has 3 rings (SSSR count). The van der Waals surface area contributed by atoms with Crippen LogP contribution < -0.4 is 4.72 Å². The van der Waals surface area contributed by atoms with Crippen LogP contribution in [-0.4, -0.2) is 57.4 Å². The molecular weight excluding hydrogens is 374 g/mol. The maximum atomic E-state index is 12.5. The number of sulfonamides is 1. The minimum Gasteiger partial charge on any atom is -0.340 e. The van der Waals surface area contributed by atoms with E-state index in [0.29, 0.717) is 12.8 Å². The Hall–Kier alpha value is -2.22. The summed E-state index contributed by atoms with van der Waals surface area (Å²) in [6, 6.07) is 17.1. The number of amides is 1. The van der Waals surface area contributed by atoms with Gasteiger partial charge in [0, 0.05) is 39.1 Å². The predicted molar refractivity (Wildman–Crippen MR) is 109 cm³/mol. The first kappa shape index (κ1) is 20.5. The molecule has 0 spiro atoms. The third-order valence-corrected chi connectivity index (χ3v) is 6.53. The summed E-state index contributed by atoms with van der Waals surface area (Å²) in [5.41, 5.74) is 2.26. The van der Waals surface area contributed by atoms with Gasteiger partial charge in [-0.2, -0.15) is 0 Å². The molecule has 1 fully saturated rings. The standard InChI is InChI=1S/C21H27N3O3S/c1-22-28(26,27)20-10-7-18(8-11-20)9-12-21(25)24-15-13-23(14-16-24)17-19-5-3-2-4-6-19/h2-8,10-11,22H,9,12-17H2,1H3. The van der Waals surface area contributed by atoms with Crippen molar-refractivity contribution < 1.29 is 13.2 Å². The molecule has 0 saturated carbocycles. The van der Waals surface area contributed by atoms with Gasteiger partial charge in [-0.3, -0.25) is 9.69 Å². The Morgan fingerprint density at radius 2 is 1.57 bits per heavy atom. The zero-order chi connectivity index (χ0) is 20.0. The summed E-state index contributed by atoms with van der Waals surface area (Å²) < 4.78 is 25.8. The maximum Gasteiger partial charge on any atom is 0.240 e. The zero-order valence-electron chi connectivity index (χ0n) is 16.2. The van der Waals surface area contributed by atoms with Crippen LogP contribution in [0, 0.1) is 0 Å². The molecule has 0 bridgehead atoms. The molecular formula is C21H27N3O3S. The van der Waals surface area contributed by atoms with Crippen LogP contribution in [0.4, 0.5) is 0 Å². The number of rotatable bonds is 7. The highest BCUT2D eigenvalue weighted by atomic mass is 32.2. The van der Waals surface area contributed by atoms with Crippen LogP contribution in [0.15, 0.2) is 59.5 Å². The van der Waals surface area contributed by atoms with Crippen molar-refractivity contribution in [1.29, 1.82) is 0 Å². The van der Waals surface area contributed by atoms with Crippen LogP contribution in [-0.2, 0) is 27.8 Å². The Balaban J connectivity index is 1.44. The van der Waals surface area contributed by atoms with Crippen molar-refractivity contribution in [3.8, 4) is 0 Å². The van der Waals surface area contributed by atoms with Crippen molar-refractivity contribution in [3.63, 3.8) is 0 Å². The molecule has 0 radical (unpaired) electrons. The Morgan fingerprint density at radius 1 is 0.929 bits per heavy atom. The quantitative estimate of drug-likeness (QED) is 0.769. The van der Waals surface area contributed by atoms with E-state index in [-0.39, 0.29) is 10.8 Å². The summed E-state index contributed by atoms with van der Waals surface area (Å²) in [6.45, 7) is 4.20. The zero-order valence-corrected chi connectivity index (χ0v) is 17.0. The lowest BCUT2D eigenvalue weighted by atomic mass is 10.1. The van der Waals surface area contributed by atoms with Crippen molar-refractivity contribution in [1.82, 2.24) is 14.5 Å². The summed E-state index contributed by atoms with van der Waals surface area (Å²) in [6.07, 6.45) is 1.06. The van der Waals surface area contributed by atoms with Gasteiger partial charge in [0.2, 0.25) is 15.9 Å². The molecule has 1 N–H and O–H groups in total. The molecule has 6 nitrogen and oxygen atoms in total. The van der Waals surface area contributed by atoms with E-state index in [0.717, 1.165) is 38.3 Å². The molecule has 1 aliphatic heterocycles. The highest BCUT2D eigenvalue weighted by Gasteiger charge is 2.21. The van der Waals surface area contributed by atoms with Gasteiger partial charge in [0.15, 0.2) is 0 Å². The van der Waals surface area contributed by atoms with E-state index in [9.17, 15) is 13.2 Å². The average Bonchev–Trinajstić information content (AvgIpc) is 2.73. The number of piperazine rings is 1. The molecule has 28 heavy (non-hydrogen) atoms. The molecule has 1 aliphatic rings. The number of carbonyl (C=O) groups is 1. The van der Waals surface area contributed by atoms with E-state index in [1.54, 1.807) is 24.3 Å². The number of carbonyl (C=O) groups excluding carboxylic acids is 1. The summed E-state index contributed by atoms with van der Waals surface area (Å²) in [5, 5.41) is 0. The highest BCUT2D eigenvalue weighted by Crippen LogP contribution is 2.13. The molecule has 0 atom stereocenters. The molecule has 2 aromatic carbocycles. The second-order valence-corrected chi connectivity index (χ2v) is 8.88. The van der Waals surface area contributed by atoms with Gasteiger partial charge in [0.05, 0.1) is 4.90 Å². The SMILES string of the molecule is CNS(=O)(=O)c1ccc(CCC(=O)N2CCN(Cc3ccccc3)CC2)cc1. The number of nitrogens with one attached hydrogen (secondary N) is 1. The van der Waals surface area contributed by atoms with Crippen LogP contribution in [0.2, 0.25) is 0 Å². The third kappa shape index (κ3) is 5.41. The monoisotopic (exact) mass is 401 g/mol. The van der Waals surface area contributed by atoms with Gasteiger partial charge in [0.25, 0.3) is 0 Å². The molecule has 2 aromatic rings. The van der Waals surface area contributed by atoms with E-state index in [1.165, 1.54) is 12.6 Å². The van der Waals surface area contributed by atoms with Crippen LogP contribution in [0.1, 0.15) is 17.5 Å². The number of hydrogen-bond donors (Lipinski definition) is 1. The fourth-order valence-corrected chi connectivity index (χ4v) is 4.09. The molecule has 1 saturated heterocycles. The average molecular weight is 402 g/mol. The topological polar surface area (TPSA) is 69.7 Å². The molecule has 1 heterocycles. The van der Waals surface area contributed by atoms with Crippen molar-refractivity contribution in [2.24, 2.45) is 0 Å². The van der Waals surface area contributed by atoms with Gasteiger partial charge in [0.1, 0.15) is 0 Å². The smallest absolute Gasteiger partial charge is 0.240 e. The van der Waals surface area contributed by atoms with Gasteiger partial charge in [-0.25, -0.2) is 13.1 Å². The molecule has 0 aliphatic carbocycles. The van der Waals surface area contributed by atoms with Crippen molar-refractivity contribution in [2.75, 3.05) is 33.2 Å². The Morgan fingerprint density at radius 3 is 2.18 bits per heavy atom. The van der Waals surface area contributed by atoms with E-state index in [4.69, 9.17) is 0 Å². The van der Waals surface area contributed by atoms with E-state index < -0.39 is 10.0 Å². The highest BCUT2D eigenvalue weighted by molar-refractivity contribution is 7.89. The first-order chi connectivity index (χ1) is 13.5. The predicted octanol–water partition coefficient (Wildman–Crippen LogP) is 1.87. The lowest BCUT2D eigenvalue weighted by molar-refractivity contribution is -0.133. The first-order valence-corrected chi connectivity index (χ1v) is 11.0. The maximum absolute atomic E-state index is 12.5. The summed E-state index contributed by atoms with van der Waals surface area (Å²) in [4.78, 5) is 17.1. The lowest BCUT2D eigenvalue weighted by Gasteiger charge is -2.34. The van der Waals surface area contributed by atoms with Gasteiger partial charge >= 0.3 is 0 Å².